The van der Waals surface area contributed by atoms with Gasteiger partial charge in [-0.2, -0.15) is 0 Å². The van der Waals surface area contributed by atoms with Gasteiger partial charge in [0.15, 0.2) is 5.05 Å². The van der Waals surface area contributed by atoms with Gasteiger partial charge in [-0.25, -0.2) is 0 Å². The van der Waals surface area contributed by atoms with Crippen molar-refractivity contribution >= 4 is 17.3 Å². The summed E-state index contributed by atoms with van der Waals surface area (Å²) in [4.78, 5) is 0. The maximum absolute atomic E-state index is 8.68. The molecule has 0 heterocycles. The van der Waals surface area contributed by atoms with E-state index in [0.29, 0.717) is 12.3 Å². The third kappa shape index (κ3) is 5.77. The summed E-state index contributed by atoms with van der Waals surface area (Å²) >= 11 is 4.54. The normalized spacial score (nSPS) is 13.1. The average Bonchev–Trinajstić information content (AvgIpc) is 1.63. The molecule has 0 radical (unpaired) electrons. The van der Waals surface area contributed by atoms with E-state index in [4.69, 9.17) is 5.11 Å². The first-order valence-corrected chi connectivity index (χ1v) is 3.79. The van der Waals surface area contributed by atoms with Gasteiger partial charge < -0.3 is 5.11 Å². The molecule has 0 aromatic rings. The fourth-order valence-electron chi connectivity index (χ4n) is 0.893. The molecule has 0 aliphatic heterocycles. The van der Waals surface area contributed by atoms with Crippen molar-refractivity contribution in [3.05, 3.63) is 0 Å². The maximum Gasteiger partial charge on any atom is 0.156 e. The Morgan fingerprint density at radius 3 is 2.56 bits per heavy atom. The predicted octanol–water partition coefficient (Wildman–Crippen LogP) is 2.70. The Morgan fingerprint density at radius 1 is 1.67 bits per heavy atom. The molecule has 54 valence electrons. The summed E-state index contributed by atoms with van der Waals surface area (Å²) in [5.74, 6) is 0.549. The third-order valence-corrected chi connectivity index (χ3v) is 1.47. The van der Waals surface area contributed by atoms with Gasteiger partial charge in [0.1, 0.15) is 0 Å². The van der Waals surface area contributed by atoms with E-state index in [9.17, 15) is 0 Å². The summed E-state index contributed by atoms with van der Waals surface area (Å²) in [5.41, 5.74) is 0. The van der Waals surface area contributed by atoms with Gasteiger partial charge in [0, 0.05) is 6.42 Å². The van der Waals surface area contributed by atoms with E-state index < -0.39 is 0 Å². The summed E-state index contributed by atoms with van der Waals surface area (Å²) in [6.45, 7) is 4.24. The SMILES string of the molecule is CCCC(C)CC(O)=S. The summed E-state index contributed by atoms with van der Waals surface area (Å²) in [6, 6.07) is 0. The maximum atomic E-state index is 8.68. The van der Waals surface area contributed by atoms with Crippen LogP contribution in [0.15, 0.2) is 0 Å². The smallest absolute Gasteiger partial charge is 0.156 e. The van der Waals surface area contributed by atoms with Crippen LogP contribution in [0.1, 0.15) is 33.1 Å². The molecule has 0 saturated heterocycles. The molecule has 0 aromatic heterocycles. The van der Waals surface area contributed by atoms with Crippen molar-refractivity contribution in [2.45, 2.75) is 33.1 Å². The van der Waals surface area contributed by atoms with Crippen LogP contribution in [0.4, 0.5) is 0 Å². The van der Waals surface area contributed by atoms with Crippen LogP contribution in [0.2, 0.25) is 0 Å². The highest BCUT2D eigenvalue weighted by Gasteiger charge is 2.01. The number of aliphatic hydroxyl groups excluding tert-OH is 1. The van der Waals surface area contributed by atoms with Gasteiger partial charge in [0.25, 0.3) is 0 Å². The monoisotopic (exact) mass is 146 g/mol. The van der Waals surface area contributed by atoms with E-state index in [1.165, 1.54) is 6.42 Å². The van der Waals surface area contributed by atoms with Crippen molar-refractivity contribution in [2.75, 3.05) is 0 Å². The van der Waals surface area contributed by atoms with E-state index in [1.54, 1.807) is 0 Å². The predicted molar refractivity (Wildman–Crippen MR) is 43.9 cm³/mol. The minimum Gasteiger partial charge on any atom is -0.502 e. The number of hydrogen-bond acceptors (Lipinski definition) is 1. The Hall–Kier alpha value is -0.110. The van der Waals surface area contributed by atoms with Gasteiger partial charge in [-0.1, -0.05) is 26.7 Å². The van der Waals surface area contributed by atoms with Crippen molar-refractivity contribution < 1.29 is 5.11 Å². The first-order chi connectivity index (χ1) is 4.16. The van der Waals surface area contributed by atoms with Gasteiger partial charge in [-0.05, 0) is 18.1 Å². The fourth-order valence-corrected chi connectivity index (χ4v) is 1.18. The van der Waals surface area contributed by atoms with E-state index >= 15 is 0 Å². The molecule has 0 amide bonds. The molecule has 0 rings (SSSR count). The highest BCUT2D eigenvalue weighted by Crippen LogP contribution is 2.09. The second-order valence-electron chi connectivity index (χ2n) is 2.49. The van der Waals surface area contributed by atoms with Gasteiger partial charge >= 0.3 is 0 Å². The molecule has 0 aliphatic carbocycles. The van der Waals surface area contributed by atoms with Crippen LogP contribution >= 0.6 is 12.2 Å². The minimum atomic E-state index is 0.149. The van der Waals surface area contributed by atoms with Crippen LogP contribution in [-0.4, -0.2) is 10.2 Å². The molecule has 2 heteroatoms. The first-order valence-electron chi connectivity index (χ1n) is 3.38. The van der Waals surface area contributed by atoms with Gasteiger partial charge in [-0.3, -0.25) is 0 Å². The van der Waals surface area contributed by atoms with E-state index in [0.717, 1.165) is 6.42 Å². The van der Waals surface area contributed by atoms with Crippen molar-refractivity contribution in [1.29, 1.82) is 0 Å². The molecule has 9 heavy (non-hydrogen) atoms. The second-order valence-corrected chi connectivity index (χ2v) is 2.96. The topological polar surface area (TPSA) is 20.2 Å². The van der Waals surface area contributed by atoms with Gasteiger partial charge in [-0.15, -0.1) is 0 Å². The number of thiocarbonyl (C=S) groups is 1. The third-order valence-electron chi connectivity index (χ3n) is 1.30. The van der Waals surface area contributed by atoms with Crippen molar-refractivity contribution in [2.24, 2.45) is 5.92 Å². The van der Waals surface area contributed by atoms with E-state index in [-0.39, 0.29) is 5.05 Å². The average molecular weight is 146 g/mol. The molecule has 0 aliphatic rings. The Morgan fingerprint density at radius 2 is 2.22 bits per heavy atom. The molecular weight excluding hydrogens is 132 g/mol. The first kappa shape index (κ1) is 8.89. The molecule has 1 atom stereocenters. The van der Waals surface area contributed by atoms with Crippen LogP contribution in [0.25, 0.3) is 0 Å². The van der Waals surface area contributed by atoms with Crippen LogP contribution in [-0.2, 0) is 0 Å². The quantitative estimate of drug-likeness (QED) is 0.615. The zero-order valence-corrected chi connectivity index (χ0v) is 6.87. The van der Waals surface area contributed by atoms with Crippen molar-refractivity contribution in [3.63, 3.8) is 0 Å². The van der Waals surface area contributed by atoms with Crippen LogP contribution < -0.4 is 0 Å². The molecule has 1 N–H and O–H groups in total. The van der Waals surface area contributed by atoms with E-state index in [1.807, 2.05) is 0 Å². The number of rotatable bonds is 4. The van der Waals surface area contributed by atoms with Crippen LogP contribution in [0.5, 0.6) is 0 Å². The molecule has 1 nitrogen and oxygen atoms in total. The standard InChI is InChI=1S/C7H14OS/c1-3-4-6(2)5-7(8)9/h6H,3-5H2,1-2H3,(H,8,9). The summed E-state index contributed by atoms with van der Waals surface area (Å²) in [7, 11) is 0. The molecule has 1 unspecified atom stereocenters. The lowest BCUT2D eigenvalue weighted by atomic mass is 10.0. The van der Waals surface area contributed by atoms with E-state index in [2.05, 4.69) is 26.1 Å². The summed E-state index contributed by atoms with van der Waals surface area (Å²) in [5, 5.41) is 8.83. The molecule has 0 aromatic carbocycles. The zero-order valence-electron chi connectivity index (χ0n) is 6.05. The Kier molecular flexibility index (Phi) is 4.68. The Balaban J connectivity index is 3.26. The molecule has 0 saturated carbocycles. The van der Waals surface area contributed by atoms with Crippen molar-refractivity contribution in [3.8, 4) is 0 Å². The highest BCUT2D eigenvalue weighted by molar-refractivity contribution is 7.80. The number of aliphatic hydroxyl groups is 1. The Bertz CT molecular complexity index is 90.9. The summed E-state index contributed by atoms with van der Waals surface area (Å²) in [6.07, 6.45) is 3.01. The molecule has 0 spiro atoms. The molecule has 0 fully saturated rings. The van der Waals surface area contributed by atoms with Crippen molar-refractivity contribution in [1.82, 2.24) is 0 Å². The molecule has 0 bridgehead atoms. The highest BCUT2D eigenvalue weighted by atomic mass is 32.1. The lowest BCUT2D eigenvalue weighted by Crippen LogP contribution is -2.01. The lowest BCUT2D eigenvalue weighted by Gasteiger charge is -2.05. The minimum absolute atomic E-state index is 0.149. The number of hydrogen-bond donors (Lipinski definition) is 1. The van der Waals surface area contributed by atoms with Crippen LogP contribution in [0, 0.1) is 5.92 Å². The van der Waals surface area contributed by atoms with Gasteiger partial charge in [0.2, 0.25) is 0 Å². The lowest BCUT2D eigenvalue weighted by molar-refractivity contribution is 0.481. The fraction of sp³-hybridized carbons (Fsp3) is 0.857. The zero-order chi connectivity index (χ0) is 7.28. The molecular formula is C7H14OS. The second kappa shape index (κ2) is 4.74. The van der Waals surface area contributed by atoms with Gasteiger partial charge in [0.05, 0.1) is 0 Å². The summed E-state index contributed by atoms with van der Waals surface area (Å²) < 4.78 is 0. The van der Waals surface area contributed by atoms with Crippen LogP contribution in [0.3, 0.4) is 0 Å². The Labute approximate surface area is 62.1 Å². The largest absolute Gasteiger partial charge is 0.502 e.